The van der Waals surface area contributed by atoms with E-state index in [-0.39, 0.29) is 4.91 Å². The Bertz CT molecular complexity index is 730. The molecule has 1 aliphatic heterocycles. The predicted octanol–water partition coefficient (Wildman–Crippen LogP) is 2.69. The average molecular weight is 365 g/mol. The highest BCUT2D eigenvalue weighted by atomic mass is 32.2. The summed E-state index contributed by atoms with van der Waals surface area (Å²) in [5, 5.41) is -0.507. The van der Waals surface area contributed by atoms with Gasteiger partial charge >= 0.3 is 5.97 Å². The zero-order chi connectivity index (χ0) is 18.6. The molecule has 134 valence electrons. The lowest BCUT2D eigenvalue weighted by Gasteiger charge is -2.18. The molecule has 2 rings (SSSR count). The molecule has 1 aliphatic rings. The molecule has 1 heterocycles. The monoisotopic (exact) mass is 365 g/mol. The van der Waals surface area contributed by atoms with Gasteiger partial charge in [-0.1, -0.05) is 6.07 Å². The molecule has 1 aromatic carbocycles. The molecular formula is C17H19NO6S. The van der Waals surface area contributed by atoms with Crippen molar-refractivity contribution in [1.29, 1.82) is 0 Å². The van der Waals surface area contributed by atoms with Crippen molar-refractivity contribution in [1.82, 2.24) is 4.90 Å². The summed E-state index contributed by atoms with van der Waals surface area (Å²) in [6, 6.07) is 4.22. The third kappa shape index (κ3) is 3.96. The van der Waals surface area contributed by atoms with Crippen molar-refractivity contribution >= 4 is 35.0 Å². The van der Waals surface area contributed by atoms with Crippen LogP contribution in [0, 0.1) is 0 Å². The molecule has 0 radical (unpaired) electrons. The van der Waals surface area contributed by atoms with E-state index in [2.05, 4.69) is 4.74 Å². The van der Waals surface area contributed by atoms with E-state index >= 15 is 0 Å². The lowest BCUT2D eigenvalue weighted by molar-refractivity contribution is -0.148. The third-order valence-corrected chi connectivity index (χ3v) is 4.42. The molecule has 0 spiro atoms. The first-order chi connectivity index (χ1) is 11.9. The van der Waals surface area contributed by atoms with Gasteiger partial charge in [0.05, 0.1) is 25.7 Å². The predicted molar refractivity (Wildman–Crippen MR) is 93.5 cm³/mol. The van der Waals surface area contributed by atoms with Gasteiger partial charge in [-0.25, -0.2) is 4.79 Å². The Morgan fingerprint density at radius 2 is 2.00 bits per heavy atom. The van der Waals surface area contributed by atoms with E-state index in [9.17, 15) is 14.4 Å². The summed E-state index contributed by atoms with van der Waals surface area (Å²) in [5.74, 6) is -0.0550. The average Bonchev–Trinajstić information content (AvgIpc) is 2.87. The Kier molecular flexibility index (Phi) is 6.08. The molecule has 7 nitrogen and oxygen atoms in total. The second-order valence-corrected chi connectivity index (χ2v) is 6.09. The number of methoxy groups -OCH3 is 2. The number of carbonyl (C=O) groups excluding carboxylic acids is 3. The van der Waals surface area contributed by atoms with E-state index in [1.54, 1.807) is 24.3 Å². The number of imide groups is 1. The zero-order valence-electron chi connectivity index (χ0n) is 14.4. The largest absolute Gasteiger partial charge is 0.493 e. The maximum Gasteiger partial charge on any atom is 0.328 e. The van der Waals surface area contributed by atoms with Crippen molar-refractivity contribution in [2.45, 2.75) is 19.9 Å². The van der Waals surface area contributed by atoms with Gasteiger partial charge in [-0.15, -0.1) is 0 Å². The topological polar surface area (TPSA) is 82.1 Å². The molecule has 25 heavy (non-hydrogen) atoms. The van der Waals surface area contributed by atoms with Crippen LogP contribution in [0.3, 0.4) is 0 Å². The summed E-state index contributed by atoms with van der Waals surface area (Å²) >= 11 is 0.781. The van der Waals surface area contributed by atoms with Gasteiger partial charge in [0.15, 0.2) is 11.5 Å². The summed E-state index contributed by atoms with van der Waals surface area (Å²) in [6.45, 7) is 3.77. The molecule has 0 N–H and O–H groups in total. The summed E-state index contributed by atoms with van der Waals surface area (Å²) in [5.41, 5.74) is 0.681. The van der Waals surface area contributed by atoms with Crippen molar-refractivity contribution in [2.24, 2.45) is 0 Å². The van der Waals surface area contributed by atoms with Crippen LogP contribution in [0.2, 0.25) is 0 Å². The molecule has 8 heteroatoms. The Morgan fingerprint density at radius 1 is 1.28 bits per heavy atom. The number of amides is 2. The number of esters is 1. The Balaban J connectivity index is 2.30. The van der Waals surface area contributed by atoms with E-state index < -0.39 is 23.2 Å². The van der Waals surface area contributed by atoms with E-state index in [0.717, 1.165) is 16.7 Å². The summed E-state index contributed by atoms with van der Waals surface area (Å²) < 4.78 is 15.3. The molecule has 0 aromatic heterocycles. The molecular weight excluding hydrogens is 346 g/mol. The van der Waals surface area contributed by atoms with Gasteiger partial charge in [0.25, 0.3) is 11.1 Å². The third-order valence-electron chi connectivity index (χ3n) is 3.54. The van der Waals surface area contributed by atoms with Crippen LogP contribution in [0.25, 0.3) is 6.08 Å². The van der Waals surface area contributed by atoms with Crippen molar-refractivity contribution < 1.29 is 28.6 Å². The fourth-order valence-electron chi connectivity index (χ4n) is 2.29. The first-order valence-electron chi connectivity index (χ1n) is 7.58. The van der Waals surface area contributed by atoms with Crippen molar-refractivity contribution in [3.8, 4) is 11.5 Å². The fraction of sp³-hybridized carbons (Fsp3) is 0.353. The highest BCUT2D eigenvalue weighted by Gasteiger charge is 2.41. The van der Waals surface area contributed by atoms with Crippen molar-refractivity contribution in [2.75, 3.05) is 20.8 Å². The van der Waals surface area contributed by atoms with E-state index in [4.69, 9.17) is 9.47 Å². The second kappa shape index (κ2) is 8.06. The van der Waals surface area contributed by atoms with E-state index in [1.165, 1.54) is 21.1 Å². The molecule has 1 fully saturated rings. The second-order valence-electron chi connectivity index (χ2n) is 5.09. The molecule has 0 unspecified atom stereocenters. The van der Waals surface area contributed by atoms with Gasteiger partial charge in [0, 0.05) is 0 Å². The lowest BCUT2D eigenvalue weighted by atomic mass is 10.1. The van der Waals surface area contributed by atoms with Crippen molar-refractivity contribution in [3.05, 3.63) is 28.7 Å². The number of nitrogens with zero attached hydrogens (tertiary/aromatic N) is 1. The molecule has 0 aliphatic carbocycles. The highest BCUT2D eigenvalue weighted by Crippen LogP contribution is 2.35. The first kappa shape index (κ1) is 18.9. The molecule has 2 amide bonds. The van der Waals surface area contributed by atoms with Crippen molar-refractivity contribution in [3.63, 3.8) is 0 Å². The molecule has 1 atom stereocenters. The number of hydrogen-bond acceptors (Lipinski definition) is 7. The summed E-state index contributed by atoms with van der Waals surface area (Å²) in [4.78, 5) is 37.3. The Hall–Kier alpha value is -2.48. The van der Waals surface area contributed by atoms with Crippen LogP contribution >= 0.6 is 11.8 Å². The van der Waals surface area contributed by atoms with Crippen LogP contribution in [0.4, 0.5) is 4.79 Å². The van der Waals surface area contributed by atoms with E-state index in [0.29, 0.717) is 23.7 Å². The smallest absolute Gasteiger partial charge is 0.328 e. The maximum absolute atomic E-state index is 12.5. The van der Waals surface area contributed by atoms with Gasteiger partial charge in [0.2, 0.25) is 0 Å². The van der Waals surface area contributed by atoms with Crippen LogP contribution in [-0.2, 0) is 14.3 Å². The molecule has 1 saturated heterocycles. The number of thioether (sulfide) groups is 1. The molecule has 1 aromatic rings. The summed E-state index contributed by atoms with van der Waals surface area (Å²) in [7, 11) is 2.75. The maximum atomic E-state index is 12.5. The minimum absolute atomic E-state index is 0.230. The Morgan fingerprint density at radius 3 is 2.60 bits per heavy atom. The normalized spacial score (nSPS) is 17.0. The number of carbonyl (C=O) groups is 3. The van der Waals surface area contributed by atoms with Crippen LogP contribution < -0.4 is 9.47 Å². The summed E-state index contributed by atoms with van der Waals surface area (Å²) in [6.07, 6.45) is 1.58. The molecule has 0 saturated carbocycles. The van der Waals surface area contributed by atoms with Gasteiger partial charge < -0.3 is 14.2 Å². The standard InChI is InChI=1S/C17H19NO6S/c1-5-24-13-8-11(6-7-12(13)22-3)9-14-15(19)18(17(21)25-14)10(2)16(20)23-4/h6-10H,5H2,1-4H3/b14-9-/t10-/m1/s1. The Labute approximate surface area is 149 Å². The number of hydrogen-bond donors (Lipinski definition) is 0. The zero-order valence-corrected chi connectivity index (χ0v) is 15.2. The van der Waals surface area contributed by atoms with E-state index in [1.807, 2.05) is 6.92 Å². The van der Waals surface area contributed by atoms with Crippen LogP contribution in [0.15, 0.2) is 23.1 Å². The quantitative estimate of drug-likeness (QED) is 0.566. The van der Waals surface area contributed by atoms with Gasteiger partial charge in [-0.2, -0.15) is 0 Å². The van der Waals surface area contributed by atoms with Crippen LogP contribution in [0.1, 0.15) is 19.4 Å². The number of ether oxygens (including phenoxy) is 3. The SMILES string of the molecule is CCOc1cc(/C=C2\SC(=O)N([C@H](C)C(=O)OC)C2=O)ccc1OC. The number of rotatable bonds is 6. The number of benzene rings is 1. The van der Waals surface area contributed by atoms with Gasteiger partial charge in [-0.05, 0) is 49.4 Å². The molecule has 0 bridgehead atoms. The first-order valence-corrected chi connectivity index (χ1v) is 8.40. The van der Waals surface area contributed by atoms with Crippen LogP contribution in [0.5, 0.6) is 11.5 Å². The lowest BCUT2D eigenvalue weighted by Crippen LogP contribution is -2.42. The fourth-order valence-corrected chi connectivity index (χ4v) is 3.20. The highest BCUT2D eigenvalue weighted by molar-refractivity contribution is 8.18. The van der Waals surface area contributed by atoms with Gasteiger partial charge in [0.1, 0.15) is 6.04 Å². The van der Waals surface area contributed by atoms with Crippen LogP contribution in [-0.4, -0.2) is 48.9 Å². The minimum Gasteiger partial charge on any atom is -0.493 e. The van der Waals surface area contributed by atoms with Gasteiger partial charge in [-0.3, -0.25) is 14.5 Å². The minimum atomic E-state index is -0.974.